The van der Waals surface area contributed by atoms with Crippen molar-refractivity contribution in [3.05, 3.63) is 0 Å². The first-order valence-corrected chi connectivity index (χ1v) is 3.59. The molecule has 68 valence electrons. The Morgan fingerprint density at radius 3 is 3.42 bits per heavy atom. The number of rotatable bonds is 3. The fourth-order valence-electron chi connectivity index (χ4n) is 0.953. The molecule has 0 bridgehead atoms. The zero-order valence-electron chi connectivity index (χ0n) is 11.4. The van der Waals surface area contributed by atoms with E-state index in [0.29, 0.717) is 6.42 Å². The quantitative estimate of drug-likeness (QED) is 0.626. The maximum Gasteiger partial charge on any atom is 0.328 e. The number of amides is 1. The molecule has 0 aromatic rings. The van der Waals surface area contributed by atoms with Gasteiger partial charge in [-0.2, -0.15) is 0 Å². The number of hydrogen-bond donors (Lipinski definition) is 1. The fourth-order valence-corrected chi connectivity index (χ4v) is 0.953. The molecule has 0 spiro atoms. The highest BCUT2D eigenvalue weighted by molar-refractivity contribution is 5.85. The monoisotopic (exact) mass is 176 g/mol. The Morgan fingerprint density at radius 1 is 2.00 bits per heavy atom. The Morgan fingerprint density at radius 2 is 2.83 bits per heavy atom. The molecule has 0 unspecified atom stereocenters. The number of ether oxygens (including phenoxy) is 1. The lowest BCUT2D eigenvalue weighted by molar-refractivity contribution is -0.141. The highest BCUT2D eigenvalue weighted by Gasteiger charge is 2.27. The molecule has 0 aromatic heterocycles. The third-order valence-electron chi connectivity index (χ3n) is 1.52. The summed E-state index contributed by atoms with van der Waals surface area (Å²) < 4.78 is 39.9. The molecule has 1 heterocycles. The third kappa shape index (κ3) is 2.22. The third-order valence-corrected chi connectivity index (χ3v) is 1.52. The van der Waals surface area contributed by atoms with E-state index in [1.54, 1.807) is 0 Å². The summed E-state index contributed by atoms with van der Waals surface area (Å²) in [5.74, 6) is -1.39. The molecule has 0 radical (unpaired) electrons. The van der Waals surface area contributed by atoms with Crippen molar-refractivity contribution < 1.29 is 21.2 Å². The number of cyclic esters (lactones) is 1. The largest absolute Gasteiger partial charge is 0.464 e. The molecule has 1 N–H and O–H groups in total. The summed E-state index contributed by atoms with van der Waals surface area (Å²) in [5.41, 5.74) is 0. The molecular weight excluding hydrogens is 158 g/mol. The van der Waals surface area contributed by atoms with Crippen molar-refractivity contribution >= 4 is 11.9 Å². The number of nitrogens with one attached hydrogen (secondary N) is 1. The normalized spacial score (nSPS) is 30.5. The van der Waals surface area contributed by atoms with E-state index in [4.69, 9.17) is 6.85 Å². The van der Waals surface area contributed by atoms with Crippen LogP contribution < -0.4 is 5.32 Å². The van der Waals surface area contributed by atoms with Crippen LogP contribution in [0, 0.1) is 0 Å². The van der Waals surface area contributed by atoms with E-state index in [-0.39, 0.29) is 6.61 Å². The van der Waals surface area contributed by atoms with Crippen molar-refractivity contribution in [2.75, 3.05) is 6.61 Å². The minimum atomic E-state index is -2.87. The highest BCUT2D eigenvalue weighted by atomic mass is 16.5. The van der Waals surface area contributed by atoms with Crippen LogP contribution in [-0.2, 0) is 14.3 Å². The molecule has 12 heavy (non-hydrogen) atoms. The van der Waals surface area contributed by atoms with E-state index in [9.17, 15) is 9.59 Å². The van der Waals surface area contributed by atoms with Crippen molar-refractivity contribution in [3.8, 4) is 0 Å². The van der Waals surface area contributed by atoms with E-state index in [2.05, 4.69) is 10.1 Å². The summed E-state index contributed by atoms with van der Waals surface area (Å²) in [7, 11) is 0. The van der Waals surface area contributed by atoms with Gasteiger partial charge in [0.1, 0.15) is 6.04 Å². The van der Waals surface area contributed by atoms with Gasteiger partial charge in [0.2, 0.25) is 5.91 Å². The van der Waals surface area contributed by atoms with E-state index in [1.165, 1.54) is 0 Å². The molecule has 1 aliphatic heterocycles. The fraction of sp³-hybridized carbons (Fsp3) is 0.750. The minimum absolute atomic E-state index is 0.204. The van der Waals surface area contributed by atoms with Crippen molar-refractivity contribution in [3.63, 3.8) is 0 Å². The zero-order valence-corrected chi connectivity index (χ0v) is 6.42. The SMILES string of the molecule is [2H]C([2H])([2H])C([2H])([2H])CC(=O)N[C@H]1CCOC1=O. The van der Waals surface area contributed by atoms with Crippen molar-refractivity contribution in [1.82, 2.24) is 5.32 Å². The second-order valence-electron chi connectivity index (χ2n) is 2.43. The molecule has 0 aromatic carbocycles. The first-order valence-electron chi connectivity index (χ1n) is 6.09. The lowest BCUT2D eigenvalue weighted by atomic mass is 10.2. The van der Waals surface area contributed by atoms with Gasteiger partial charge in [0.15, 0.2) is 0 Å². The molecule has 1 atom stereocenters. The smallest absolute Gasteiger partial charge is 0.328 e. The minimum Gasteiger partial charge on any atom is -0.464 e. The van der Waals surface area contributed by atoms with Crippen LogP contribution in [0.25, 0.3) is 0 Å². The molecule has 4 nitrogen and oxygen atoms in total. The maximum atomic E-state index is 11.4. The average Bonchev–Trinajstić information content (AvgIpc) is 2.48. The van der Waals surface area contributed by atoms with Gasteiger partial charge in [-0.25, -0.2) is 4.79 Å². The number of esters is 1. The lowest BCUT2D eigenvalue weighted by Gasteiger charge is -2.07. The van der Waals surface area contributed by atoms with E-state index in [0.717, 1.165) is 0 Å². The Hall–Kier alpha value is -1.06. The second kappa shape index (κ2) is 4.09. The van der Waals surface area contributed by atoms with E-state index in [1.807, 2.05) is 0 Å². The molecular formula is C8H13NO3. The van der Waals surface area contributed by atoms with Gasteiger partial charge in [0, 0.05) is 19.7 Å². The Bertz CT molecular complexity index is 328. The molecule has 1 amide bonds. The average molecular weight is 176 g/mol. The van der Waals surface area contributed by atoms with Crippen molar-refractivity contribution in [2.24, 2.45) is 0 Å². The van der Waals surface area contributed by atoms with Crippen LogP contribution in [0.15, 0.2) is 0 Å². The van der Waals surface area contributed by atoms with Crippen LogP contribution in [0.1, 0.15) is 32.9 Å². The van der Waals surface area contributed by atoms with Gasteiger partial charge in [-0.15, -0.1) is 0 Å². The van der Waals surface area contributed by atoms with Crippen molar-refractivity contribution in [2.45, 2.75) is 32.1 Å². The van der Waals surface area contributed by atoms with Gasteiger partial charge in [0.25, 0.3) is 0 Å². The zero-order chi connectivity index (χ0) is 13.3. The van der Waals surface area contributed by atoms with Gasteiger partial charge in [-0.3, -0.25) is 4.79 Å². The van der Waals surface area contributed by atoms with Crippen LogP contribution in [0.2, 0.25) is 0 Å². The van der Waals surface area contributed by atoms with Crippen LogP contribution in [0.3, 0.4) is 0 Å². The first kappa shape index (κ1) is 4.25. The Labute approximate surface area is 78.3 Å². The van der Waals surface area contributed by atoms with E-state index < -0.39 is 37.6 Å². The Balaban J connectivity index is 2.52. The highest BCUT2D eigenvalue weighted by Crippen LogP contribution is 2.05. The summed E-state index contributed by atoms with van der Waals surface area (Å²) in [6.45, 7) is -2.67. The van der Waals surface area contributed by atoms with Crippen LogP contribution in [0.4, 0.5) is 0 Å². The van der Waals surface area contributed by atoms with Crippen LogP contribution in [-0.4, -0.2) is 24.5 Å². The molecule has 1 saturated heterocycles. The van der Waals surface area contributed by atoms with Gasteiger partial charge in [0.05, 0.1) is 6.61 Å². The molecule has 1 rings (SSSR count). The standard InChI is InChI=1S/C8H13NO3/c1-2-3-7(10)9-6-4-5-12-8(6)11/h6H,2-5H2,1H3,(H,9,10)/t6-/m0/s1/i1D3,2D2. The predicted molar refractivity (Wildman–Crippen MR) is 42.4 cm³/mol. The Kier molecular flexibility index (Phi) is 1.45. The number of carbonyl (C=O) groups excluding carboxylic acids is 2. The van der Waals surface area contributed by atoms with Gasteiger partial charge in [-0.05, 0) is 6.37 Å². The second-order valence-corrected chi connectivity index (χ2v) is 2.43. The topological polar surface area (TPSA) is 55.4 Å². The summed E-state index contributed by atoms with van der Waals surface area (Å²) in [6, 6.07) is -0.796. The maximum absolute atomic E-state index is 11.4. The molecule has 0 aliphatic carbocycles. The lowest BCUT2D eigenvalue weighted by Crippen LogP contribution is -2.37. The van der Waals surface area contributed by atoms with Crippen LogP contribution in [0.5, 0.6) is 0 Å². The summed E-state index contributed by atoms with van der Waals surface area (Å²) in [4.78, 5) is 22.4. The van der Waals surface area contributed by atoms with E-state index >= 15 is 0 Å². The molecule has 4 heteroatoms. The van der Waals surface area contributed by atoms with Crippen LogP contribution >= 0.6 is 0 Å². The first-order chi connectivity index (χ1) is 7.63. The predicted octanol–water partition coefficient (Wildman–Crippen LogP) is 0.218. The summed E-state index contributed by atoms with van der Waals surface area (Å²) in [5, 5.41) is 2.25. The number of carbonyl (C=O) groups is 2. The van der Waals surface area contributed by atoms with Gasteiger partial charge >= 0.3 is 5.97 Å². The molecule has 1 aliphatic rings. The molecule has 1 fully saturated rings. The summed E-state index contributed by atoms with van der Waals surface area (Å²) in [6.07, 6.45) is -3.10. The number of hydrogen-bond acceptors (Lipinski definition) is 3. The van der Waals surface area contributed by atoms with Crippen molar-refractivity contribution in [1.29, 1.82) is 0 Å². The molecule has 0 saturated carbocycles. The summed E-state index contributed by atoms with van der Waals surface area (Å²) >= 11 is 0. The van der Waals surface area contributed by atoms with Gasteiger partial charge < -0.3 is 10.1 Å². The van der Waals surface area contributed by atoms with Gasteiger partial charge in [-0.1, -0.05) is 6.85 Å².